The summed E-state index contributed by atoms with van der Waals surface area (Å²) in [6.45, 7) is 0.328. The average molecular weight is 517 g/mol. The Labute approximate surface area is 220 Å². The maximum absolute atomic E-state index is 13.1. The second-order valence-electron chi connectivity index (χ2n) is 8.62. The van der Waals surface area contributed by atoms with E-state index in [9.17, 15) is 14.0 Å². The van der Waals surface area contributed by atoms with Gasteiger partial charge in [-0.05, 0) is 66.9 Å². The van der Waals surface area contributed by atoms with Crippen LogP contribution in [0.5, 0.6) is 11.5 Å². The van der Waals surface area contributed by atoms with Crippen molar-refractivity contribution in [3.8, 4) is 11.5 Å². The Hall–Kier alpha value is -4.50. The van der Waals surface area contributed by atoms with E-state index in [0.29, 0.717) is 36.6 Å². The third kappa shape index (κ3) is 8.56. The molecule has 3 aromatic carbocycles. The minimum Gasteiger partial charge on any atom is -0.457 e. The van der Waals surface area contributed by atoms with Gasteiger partial charge in [0.2, 0.25) is 11.8 Å². The summed E-state index contributed by atoms with van der Waals surface area (Å²) < 4.78 is 24.5. The van der Waals surface area contributed by atoms with Crippen LogP contribution in [0.25, 0.3) is 0 Å². The maximum atomic E-state index is 13.1. The number of benzene rings is 3. The first-order valence-corrected chi connectivity index (χ1v) is 12.3. The molecule has 0 aliphatic heterocycles. The molecule has 0 saturated heterocycles. The molecule has 3 N–H and O–H groups in total. The number of ether oxygens (including phenoxy) is 2. The normalized spacial score (nSPS) is 11.5. The van der Waals surface area contributed by atoms with Gasteiger partial charge in [-0.25, -0.2) is 9.37 Å². The molecule has 8 nitrogen and oxygen atoms in total. The number of carbonyl (C=O) groups is 2. The number of aromatic amines is 1. The summed E-state index contributed by atoms with van der Waals surface area (Å²) in [4.78, 5) is 32.7. The van der Waals surface area contributed by atoms with E-state index in [0.717, 1.165) is 11.3 Å². The molecule has 0 aliphatic carbocycles. The van der Waals surface area contributed by atoms with Crippen molar-refractivity contribution >= 4 is 17.5 Å². The van der Waals surface area contributed by atoms with E-state index >= 15 is 0 Å². The number of rotatable bonds is 13. The summed E-state index contributed by atoms with van der Waals surface area (Å²) in [5, 5.41) is 5.62. The second kappa shape index (κ2) is 13.7. The van der Waals surface area contributed by atoms with Gasteiger partial charge in [0.15, 0.2) is 0 Å². The van der Waals surface area contributed by atoms with Crippen LogP contribution in [-0.2, 0) is 27.4 Å². The molecule has 1 unspecified atom stereocenters. The lowest BCUT2D eigenvalue weighted by molar-refractivity contribution is -0.128. The predicted octanol–water partition coefficient (Wildman–Crippen LogP) is 5.00. The molecule has 38 heavy (non-hydrogen) atoms. The summed E-state index contributed by atoms with van der Waals surface area (Å²) in [7, 11) is 0. The van der Waals surface area contributed by atoms with Gasteiger partial charge in [0, 0.05) is 24.0 Å². The highest BCUT2D eigenvalue weighted by molar-refractivity contribution is 5.97. The number of carbonyl (C=O) groups excluding carboxylic acids is 2. The van der Waals surface area contributed by atoms with Gasteiger partial charge in [-0.3, -0.25) is 9.59 Å². The first-order chi connectivity index (χ1) is 18.5. The lowest BCUT2D eigenvalue weighted by atomic mass is 10.2. The number of imidazole rings is 1. The predicted molar refractivity (Wildman–Crippen MR) is 141 cm³/mol. The standard InChI is InChI=1S/C29H29FN4O4/c30-22-9-13-25(14-10-22)38-26-15-11-23(12-16-26)33-29(36)27(19-37-18-21-5-2-1-3-6-21)34-28(35)8-4-7-24-17-31-20-32-24/h1-3,5-6,9-17,20,27H,4,7-8,18-19H2,(H,31,32)(H,33,36)(H,34,35). The quantitative estimate of drug-likeness (QED) is 0.232. The monoisotopic (exact) mass is 516 g/mol. The molecular formula is C29H29FN4O4. The Bertz CT molecular complexity index is 1280. The molecule has 1 aromatic heterocycles. The van der Waals surface area contributed by atoms with Crippen LogP contribution in [0.1, 0.15) is 24.1 Å². The molecule has 1 atom stereocenters. The highest BCUT2D eigenvalue weighted by Crippen LogP contribution is 2.23. The van der Waals surface area contributed by atoms with E-state index in [2.05, 4.69) is 20.6 Å². The average Bonchev–Trinajstić information content (AvgIpc) is 3.45. The summed E-state index contributed by atoms with van der Waals surface area (Å²) in [6, 6.07) is 21.2. The zero-order valence-electron chi connectivity index (χ0n) is 20.7. The SMILES string of the molecule is O=C(CCCc1cnc[nH]1)NC(COCc1ccccc1)C(=O)Nc1ccc(Oc2ccc(F)cc2)cc1. The fourth-order valence-electron chi connectivity index (χ4n) is 3.65. The van der Waals surface area contributed by atoms with Gasteiger partial charge in [-0.1, -0.05) is 30.3 Å². The molecule has 9 heteroatoms. The second-order valence-corrected chi connectivity index (χ2v) is 8.62. The van der Waals surface area contributed by atoms with Crippen molar-refractivity contribution < 1.29 is 23.5 Å². The van der Waals surface area contributed by atoms with Gasteiger partial charge in [-0.2, -0.15) is 0 Å². The van der Waals surface area contributed by atoms with Gasteiger partial charge in [0.05, 0.1) is 19.5 Å². The number of amides is 2. The van der Waals surface area contributed by atoms with E-state index in [1.54, 1.807) is 36.8 Å². The molecule has 196 valence electrons. The van der Waals surface area contributed by atoms with Gasteiger partial charge < -0.3 is 25.1 Å². The highest BCUT2D eigenvalue weighted by Gasteiger charge is 2.21. The molecule has 1 heterocycles. The molecule has 0 saturated carbocycles. The number of hydrogen-bond donors (Lipinski definition) is 3. The van der Waals surface area contributed by atoms with Crippen LogP contribution in [0, 0.1) is 5.82 Å². The minimum absolute atomic E-state index is 0.0127. The van der Waals surface area contributed by atoms with Crippen molar-refractivity contribution in [3.05, 3.63) is 108 Å². The zero-order valence-corrected chi connectivity index (χ0v) is 20.7. The molecule has 4 aromatic rings. The van der Waals surface area contributed by atoms with Crippen molar-refractivity contribution in [3.63, 3.8) is 0 Å². The van der Waals surface area contributed by atoms with Crippen molar-refractivity contribution in [2.45, 2.75) is 31.9 Å². The largest absolute Gasteiger partial charge is 0.457 e. The van der Waals surface area contributed by atoms with Gasteiger partial charge in [0.1, 0.15) is 23.4 Å². The van der Waals surface area contributed by atoms with E-state index in [1.807, 2.05) is 30.3 Å². The number of anilines is 1. The van der Waals surface area contributed by atoms with Crippen molar-refractivity contribution in [1.29, 1.82) is 0 Å². The number of hydrogen-bond acceptors (Lipinski definition) is 5. The van der Waals surface area contributed by atoms with Crippen LogP contribution in [0.15, 0.2) is 91.4 Å². The Balaban J connectivity index is 1.32. The van der Waals surface area contributed by atoms with E-state index < -0.39 is 11.9 Å². The number of aryl methyl sites for hydroxylation is 1. The fourth-order valence-corrected chi connectivity index (χ4v) is 3.65. The van der Waals surface area contributed by atoms with Gasteiger partial charge in [-0.15, -0.1) is 0 Å². The van der Waals surface area contributed by atoms with Gasteiger partial charge in [0.25, 0.3) is 0 Å². The van der Waals surface area contributed by atoms with E-state index in [4.69, 9.17) is 9.47 Å². The Kier molecular flexibility index (Phi) is 9.58. The van der Waals surface area contributed by atoms with E-state index in [-0.39, 0.29) is 24.8 Å². The molecule has 2 amide bonds. The number of nitrogens with one attached hydrogen (secondary N) is 3. The molecule has 0 radical (unpaired) electrons. The molecule has 0 bridgehead atoms. The lowest BCUT2D eigenvalue weighted by Gasteiger charge is -2.19. The number of aromatic nitrogens is 2. The summed E-state index contributed by atoms with van der Waals surface area (Å²) >= 11 is 0. The smallest absolute Gasteiger partial charge is 0.249 e. The third-order valence-corrected chi connectivity index (χ3v) is 5.62. The van der Waals surface area contributed by atoms with Gasteiger partial charge >= 0.3 is 0 Å². The topological polar surface area (TPSA) is 105 Å². The Morgan fingerprint density at radius 3 is 2.34 bits per heavy atom. The van der Waals surface area contributed by atoms with Crippen LogP contribution in [0.4, 0.5) is 10.1 Å². The van der Waals surface area contributed by atoms with Crippen LogP contribution >= 0.6 is 0 Å². The van der Waals surface area contributed by atoms with Crippen LogP contribution < -0.4 is 15.4 Å². The fraction of sp³-hybridized carbons (Fsp3) is 0.207. The Morgan fingerprint density at radius 2 is 1.66 bits per heavy atom. The number of H-pyrrole nitrogens is 1. The molecule has 0 spiro atoms. The molecule has 0 aliphatic rings. The Morgan fingerprint density at radius 1 is 0.947 bits per heavy atom. The van der Waals surface area contributed by atoms with E-state index in [1.165, 1.54) is 24.3 Å². The lowest BCUT2D eigenvalue weighted by Crippen LogP contribution is -2.46. The van der Waals surface area contributed by atoms with Crippen LogP contribution in [-0.4, -0.2) is 34.4 Å². The third-order valence-electron chi connectivity index (χ3n) is 5.62. The zero-order chi connectivity index (χ0) is 26.6. The molecule has 0 fully saturated rings. The number of nitrogens with zero attached hydrogens (tertiary/aromatic N) is 1. The first-order valence-electron chi connectivity index (χ1n) is 12.3. The molecular weight excluding hydrogens is 487 g/mol. The first kappa shape index (κ1) is 26.6. The van der Waals surface area contributed by atoms with Crippen molar-refractivity contribution in [1.82, 2.24) is 15.3 Å². The van der Waals surface area contributed by atoms with Crippen molar-refractivity contribution in [2.75, 3.05) is 11.9 Å². The summed E-state index contributed by atoms with van der Waals surface area (Å²) in [6.07, 6.45) is 4.88. The molecule has 4 rings (SSSR count). The summed E-state index contributed by atoms with van der Waals surface area (Å²) in [5.74, 6) is 0.0443. The van der Waals surface area contributed by atoms with Crippen LogP contribution in [0.2, 0.25) is 0 Å². The number of halogens is 1. The maximum Gasteiger partial charge on any atom is 0.249 e. The summed E-state index contributed by atoms with van der Waals surface area (Å²) in [5.41, 5.74) is 2.45. The minimum atomic E-state index is -0.881. The van der Waals surface area contributed by atoms with Crippen LogP contribution in [0.3, 0.4) is 0 Å². The van der Waals surface area contributed by atoms with Crippen molar-refractivity contribution in [2.24, 2.45) is 0 Å². The highest BCUT2D eigenvalue weighted by atomic mass is 19.1.